The number of nitrogens with one attached hydrogen (secondary N) is 1. The van der Waals surface area contributed by atoms with Crippen LogP contribution in [0.15, 0.2) is 51.7 Å². The van der Waals surface area contributed by atoms with Crippen molar-refractivity contribution in [3.8, 4) is 0 Å². The molecule has 0 saturated carbocycles. The summed E-state index contributed by atoms with van der Waals surface area (Å²) in [7, 11) is 2.00. The van der Waals surface area contributed by atoms with Crippen molar-refractivity contribution in [1.29, 1.82) is 0 Å². The van der Waals surface area contributed by atoms with Gasteiger partial charge in [0.1, 0.15) is 0 Å². The number of anilines is 2. The molecule has 1 aromatic heterocycles. The van der Waals surface area contributed by atoms with Gasteiger partial charge >= 0.3 is 5.76 Å². The minimum atomic E-state index is -0.432. The highest BCUT2D eigenvalue weighted by Crippen LogP contribution is 2.20. The lowest BCUT2D eigenvalue weighted by Gasteiger charge is -2.19. The molecule has 0 aliphatic heterocycles. The molecule has 0 unspecified atom stereocenters. The van der Waals surface area contributed by atoms with Crippen molar-refractivity contribution >= 4 is 22.5 Å². The van der Waals surface area contributed by atoms with Crippen LogP contribution in [0.2, 0.25) is 0 Å². The lowest BCUT2D eigenvalue weighted by atomic mass is 10.2. The number of aromatic nitrogens is 1. The molecule has 0 aliphatic carbocycles. The Morgan fingerprint density at radius 1 is 1.20 bits per heavy atom. The Bertz CT molecular complexity index is 787. The molecule has 0 atom stereocenters. The first-order valence-electron chi connectivity index (χ1n) is 6.30. The zero-order chi connectivity index (χ0) is 14.1. The first kappa shape index (κ1) is 12.3. The third kappa shape index (κ3) is 2.38. The number of aromatic amines is 1. The molecule has 5 nitrogen and oxygen atoms in total. The van der Waals surface area contributed by atoms with Gasteiger partial charge in [-0.25, -0.2) is 4.79 Å². The Labute approximate surface area is 115 Å². The van der Waals surface area contributed by atoms with Crippen LogP contribution >= 0.6 is 0 Å². The van der Waals surface area contributed by atoms with Crippen LogP contribution in [0, 0.1) is 0 Å². The fourth-order valence-electron chi connectivity index (χ4n) is 2.17. The molecule has 2 aromatic carbocycles. The maximum absolute atomic E-state index is 11.1. The van der Waals surface area contributed by atoms with Crippen LogP contribution < -0.4 is 16.4 Å². The van der Waals surface area contributed by atoms with Gasteiger partial charge < -0.3 is 15.1 Å². The fourth-order valence-corrected chi connectivity index (χ4v) is 2.17. The normalized spacial score (nSPS) is 10.8. The number of benzene rings is 2. The van der Waals surface area contributed by atoms with Crippen LogP contribution in [0.1, 0.15) is 5.56 Å². The summed E-state index contributed by atoms with van der Waals surface area (Å²) in [6.45, 7) is 0.758. The Morgan fingerprint density at radius 2 is 1.95 bits per heavy atom. The van der Waals surface area contributed by atoms with Crippen molar-refractivity contribution in [3.63, 3.8) is 0 Å². The molecule has 5 heteroatoms. The summed E-state index contributed by atoms with van der Waals surface area (Å²) in [5, 5.41) is 0. The third-order valence-corrected chi connectivity index (χ3v) is 3.24. The van der Waals surface area contributed by atoms with Crippen molar-refractivity contribution < 1.29 is 4.42 Å². The summed E-state index contributed by atoms with van der Waals surface area (Å²) < 4.78 is 4.99. The average molecular weight is 269 g/mol. The van der Waals surface area contributed by atoms with Gasteiger partial charge in [-0.15, -0.1) is 0 Å². The molecule has 0 bridgehead atoms. The smallest absolute Gasteiger partial charge is 0.408 e. The summed E-state index contributed by atoms with van der Waals surface area (Å²) in [6, 6.07) is 13.4. The molecule has 0 radical (unpaired) electrons. The van der Waals surface area contributed by atoms with Gasteiger partial charge in [0.25, 0.3) is 0 Å². The average Bonchev–Trinajstić information content (AvgIpc) is 2.80. The van der Waals surface area contributed by atoms with E-state index < -0.39 is 5.76 Å². The van der Waals surface area contributed by atoms with Crippen LogP contribution in [0.3, 0.4) is 0 Å². The summed E-state index contributed by atoms with van der Waals surface area (Å²) in [4.78, 5) is 15.9. The van der Waals surface area contributed by atoms with Crippen LogP contribution in [0.5, 0.6) is 0 Å². The van der Waals surface area contributed by atoms with Gasteiger partial charge in [-0.1, -0.05) is 12.1 Å². The lowest BCUT2D eigenvalue weighted by Crippen LogP contribution is -2.16. The van der Waals surface area contributed by atoms with Gasteiger partial charge in [0.2, 0.25) is 0 Å². The molecule has 3 aromatic rings. The van der Waals surface area contributed by atoms with Gasteiger partial charge in [0, 0.05) is 25.0 Å². The zero-order valence-corrected chi connectivity index (χ0v) is 11.1. The first-order valence-corrected chi connectivity index (χ1v) is 6.30. The predicted molar refractivity (Wildman–Crippen MR) is 79.8 cm³/mol. The van der Waals surface area contributed by atoms with Gasteiger partial charge in [0.05, 0.1) is 5.52 Å². The number of nitrogens with zero attached hydrogens (tertiary/aromatic N) is 1. The van der Waals surface area contributed by atoms with Crippen molar-refractivity contribution in [2.75, 3.05) is 17.7 Å². The summed E-state index contributed by atoms with van der Waals surface area (Å²) in [6.07, 6.45) is 0. The Hall–Kier alpha value is -2.69. The van der Waals surface area contributed by atoms with Crippen molar-refractivity contribution in [2.24, 2.45) is 0 Å². The number of H-pyrrole nitrogens is 1. The first-order chi connectivity index (χ1) is 9.61. The third-order valence-electron chi connectivity index (χ3n) is 3.24. The Kier molecular flexibility index (Phi) is 2.95. The van der Waals surface area contributed by atoms with Gasteiger partial charge in [-0.3, -0.25) is 4.98 Å². The van der Waals surface area contributed by atoms with E-state index >= 15 is 0 Å². The topological polar surface area (TPSA) is 75.3 Å². The number of nitrogen functional groups attached to an aromatic ring is 1. The number of nitrogens with two attached hydrogens (primary N) is 1. The van der Waals surface area contributed by atoms with E-state index in [1.165, 1.54) is 5.56 Å². The Balaban J connectivity index is 1.85. The van der Waals surface area contributed by atoms with E-state index in [9.17, 15) is 4.79 Å². The number of oxazole rings is 1. The second kappa shape index (κ2) is 4.77. The van der Waals surface area contributed by atoms with Crippen LogP contribution in [0.25, 0.3) is 11.1 Å². The van der Waals surface area contributed by atoms with Crippen LogP contribution in [-0.2, 0) is 6.54 Å². The lowest BCUT2D eigenvalue weighted by molar-refractivity contribution is 0.555. The van der Waals surface area contributed by atoms with E-state index in [1.54, 1.807) is 6.07 Å². The second-order valence-electron chi connectivity index (χ2n) is 4.79. The number of hydrogen-bond donors (Lipinski definition) is 2. The highest BCUT2D eigenvalue weighted by molar-refractivity contribution is 5.77. The van der Waals surface area contributed by atoms with Gasteiger partial charge in [-0.05, 0) is 35.9 Å². The molecule has 1 heterocycles. The monoisotopic (exact) mass is 269 g/mol. The molecule has 0 amide bonds. The number of fused-ring (bicyclic) bond motifs is 1. The summed E-state index contributed by atoms with van der Waals surface area (Å²) >= 11 is 0. The van der Waals surface area contributed by atoms with E-state index in [-0.39, 0.29) is 0 Å². The standard InChI is InChI=1S/C15H15N3O2/c1-18(9-10-2-4-11(16)5-3-10)12-6-7-14-13(8-12)17-15(19)20-14/h2-8H,9,16H2,1H3,(H,17,19). The van der Waals surface area contributed by atoms with E-state index in [0.29, 0.717) is 11.1 Å². The number of rotatable bonds is 3. The van der Waals surface area contributed by atoms with Gasteiger partial charge in [0.15, 0.2) is 5.58 Å². The quantitative estimate of drug-likeness (QED) is 0.716. The highest BCUT2D eigenvalue weighted by atomic mass is 16.4. The minimum Gasteiger partial charge on any atom is -0.408 e. The Morgan fingerprint density at radius 3 is 2.70 bits per heavy atom. The molecular formula is C15H15N3O2. The molecule has 0 aliphatic rings. The van der Waals surface area contributed by atoms with Crippen molar-refractivity contribution in [2.45, 2.75) is 6.54 Å². The fraction of sp³-hybridized carbons (Fsp3) is 0.133. The maximum atomic E-state index is 11.1. The molecule has 0 spiro atoms. The van der Waals surface area contributed by atoms with Crippen LogP contribution in [0.4, 0.5) is 11.4 Å². The van der Waals surface area contributed by atoms with Crippen molar-refractivity contribution in [1.82, 2.24) is 4.98 Å². The predicted octanol–water partition coefficient (Wildman–Crippen LogP) is 2.34. The molecule has 3 N–H and O–H groups in total. The SMILES string of the molecule is CN(Cc1ccc(N)cc1)c1ccc2oc(=O)[nH]c2c1. The van der Waals surface area contributed by atoms with Crippen molar-refractivity contribution in [3.05, 3.63) is 58.6 Å². The molecule has 20 heavy (non-hydrogen) atoms. The maximum Gasteiger partial charge on any atom is 0.417 e. The van der Waals surface area contributed by atoms with E-state index in [2.05, 4.69) is 9.88 Å². The molecule has 3 rings (SSSR count). The second-order valence-corrected chi connectivity index (χ2v) is 4.79. The van der Waals surface area contributed by atoms with E-state index in [4.69, 9.17) is 10.2 Å². The van der Waals surface area contributed by atoms with E-state index in [1.807, 2.05) is 43.4 Å². The molecular weight excluding hydrogens is 254 g/mol. The van der Waals surface area contributed by atoms with Gasteiger partial charge in [-0.2, -0.15) is 0 Å². The molecule has 0 fully saturated rings. The molecule has 0 saturated heterocycles. The van der Waals surface area contributed by atoms with Crippen LogP contribution in [-0.4, -0.2) is 12.0 Å². The molecule has 102 valence electrons. The summed E-state index contributed by atoms with van der Waals surface area (Å²) in [5.41, 5.74) is 9.88. The van der Waals surface area contributed by atoms with E-state index in [0.717, 1.165) is 17.9 Å². The largest absolute Gasteiger partial charge is 0.417 e. The zero-order valence-electron chi connectivity index (χ0n) is 11.1. The number of hydrogen-bond acceptors (Lipinski definition) is 4. The summed E-state index contributed by atoms with van der Waals surface area (Å²) in [5.74, 6) is -0.432. The highest BCUT2D eigenvalue weighted by Gasteiger charge is 2.06. The minimum absolute atomic E-state index is 0.432.